The van der Waals surface area contributed by atoms with Gasteiger partial charge in [0.2, 0.25) is 17.8 Å². The normalized spacial score (nSPS) is 13.4. The van der Waals surface area contributed by atoms with Gasteiger partial charge in [0.25, 0.3) is 0 Å². The second-order valence-electron chi connectivity index (χ2n) is 9.20. The van der Waals surface area contributed by atoms with Crippen molar-refractivity contribution in [2.75, 3.05) is 33.9 Å². The summed E-state index contributed by atoms with van der Waals surface area (Å²) in [5.41, 5.74) is 2.41. The topological polar surface area (TPSA) is 78.0 Å². The highest BCUT2D eigenvalue weighted by atomic mass is 19.4. The largest absolute Gasteiger partial charge is 0.416 e. The summed E-state index contributed by atoms with van der Waals surface area (Å²) >= 11 is 0. The minimum atomic E-state index is -4.48. The monoisotopic (exact) mass is 537 g/mol. The molecule has 0 amide bonds. The molecule has 4 aromatic rings. The third-order valence-corrected chi connectivity index (χ3v) is 6.30. The van der Waals surface area contributed by atoms with Crippen LogP contribution >= 0.6 is 0 Å². The van der Waals surface area contributed by atoms with Crippen LogP contribution in [0.25, 0.3) is 0 Å². The Balaban J connectivity index is 1.33. The molecule has 11 heteroatoms. The summed E-state index contributed by atoms with van der Waals surface area (Å²) in [4.78, 5) is 15.4. The SMILES string of the molecule is Fc1ccc(CNc2nc(NCc3ccc(N4CCCC4)cc3)nc(Nc3cccc(C(F)(F)F)c3)n2)cc1. The first-order chi connectivity index (χ1) is 18.8. The number of anilines is 5. The minimum Gasteiger partial charge on any atom is -0.372 e. The molecule has 7 nitrogen and oxygen atoms in total. The zero-order valence-corrected chi connectivity index (χ0v) is 21.0. The molecular weight excluding hydrogens is 510 g/mol. The number of aromatic nitrogens is 3. The van der Waals surface area contributed by atoms with Gasteiger partial charge in [0.05, 0.1) is 5.56 Å². The third-order valence-electron chi connectivity index (χ3n) is 6.30. The average molecular weight is 538 g/mol. The summed E-state index contributed by atoms with van der Waals surface area (Å²) in [6.07, 6.45) is -2.07. The Bertz CT molecular complexity index is 1390. The van der Waals surface area contributed by atoms with E-state index in [2.05, 4.69) is 47.9 Å². The Kier molecular flexibility index (Phi) is 7.76. The number of hydrogen-bond acceptors (Lipinski definition) is 7. The Labute approximate surface area is 223 Å². The molecule has 39 heavy (non-hydrogen) atoms. The lowest BCUT2D eigenvalue weighted by molar-refractivity contribution is -0.137. The van der Waals surface area contributed by atoms with Crippen molar-refractivity contribution in [2.24, 2.45) is 0 Å². The molecule has 3 N–H and O–H groups in total. The molecule has 0 saturated carbocycles. The minimum absolute atomic E-state index is 0.0674. The van der Waals surface area contributed by atoms with Crippen molar-refractivity contribution in [2.45, 2.75) is 32.1 Å². The van der Waals surface area contributed by atoms with Crippen LogP contribution in [0.2, 0.25) is 0 Å². The summed E-state index contributed by atoms with van der Waals surface area (Å²) in [6.45, 7) is 2.88. The van der Waals surface area contributed by atoms with Crippen LogP contribution in [-0.2, 0) is 19.3 Å². The van der Waals surface area contributed by atoms with Crippen molar-refractivity contribution in [1.29, 1.82) is 0 Å². The van der Waals surface area contributed by atoms with E-state index in [-0.39, 0.29) is 29.3 Å². The van der Waals surface area contributed by atoms with E-state index in [1.807, 2.05) is 12.1 Å². The van der Waals surface area contributed by atoms with E-state index in [0.717, 1.165) is 36.3 Å². The van der Waals surface area contributed by atoms with Crippen LogP contribution in [0, 0.1) is 5.82 Å². The highest BCUT2D eigenvalue weighted by molar-refractivity contribution is 5.57. The van der Waals surface area contributed by atoms with Crippen molar-refractivity contribution in [1.82, 2.24) is 15.0 Å². The predicted octanol–water partition coefficient (Wildman–Crippen LogP) is 6.60. The Hall–Kier alpha value is -4.41. The molecule has 0 aliphatic carbocycles. The first-order valence-corrected chi connectivity index (χ1v) is 12.6. The molecular formula is C28H27F4N7. The summed E-state index contributed by atoms with van der Waals surface area (Å²) in [5.74, 6) is 0.171. The third kappa shape index (κ3) is 7.13. The Morgan fingerprint density at radius 2 is 1.28 bits per heavy atom. The van der Waals surface area contributed by atoms with Gasteiger partial charge in [0, 0.05) is 37.6 Å². The number of halogens is 4. The van der Waals surface area contributed by atoms with Crippen molar-refractivity contribution in [3.8, 4) is 0 Å². The van der Waals surface area contributed by atoms with Gasteiger partial charge >= 0.3 is 6.18 Å². The van der Waals surface area contributed by atoms with E-state index < -0.39 is 11.7 Å². The fourth-order valence-corrected chi connectivity index (χ4v) is 4.26. The Morgan fingerprint density at radius 1 is 0.718 bits per heavy atom. The fraction of sp³-hybridized carbons (Fsp3) is 0.250. The van der Waals surface area contributed by atoms with Crippen LogP contribution in [0.3, 0.4) is 0 Å². The van der Waals surface area contributed by atoms with Crippen molar-refractivity contribution < 1.29 is 17.6 Å². The zero-order valence-electron chi connectivity index (χ0n) is 21.0. The summed E-state index contributed by atoms with van der Waals surface area (Å²) in [5, 5.41) is 9.08. The van der Waals surface area contributed by atoms with Gasteiger partial charge in [-0.1, -0.05) is 30.3 Å². The molecule has 1 saturated heterocycles. The molecule has 0 bridgehead atoms. The summed E-state index contributed by atoms with van der Waals surface area (Å²) in [6, 6.07) is 19.0. The molecule has 0 spiro atoms. The molecule has 202 valence electrons. The van der Waals surface area contributed by atoms with Gasteiger partial charge in [0.1, 0.15) is 5.82 Å². The van der Waals surface area contributed by atoms with Gasteiger partial charge in [-0.15, -0.1) is 0 Å². The lowest BCUT2D eigenvalue weighted by atomic mass is 10.2. The van der Waals surface area contributed by atoms with Gasteiger partial charge in [-0.05, 0) is 66.4 Å². The van der Waals surface area contributed by atoms with E-state index in [0.29, 0.717) is 13.1 Å². The molecule has 2 heterocycles. The number of nitrogens with zero attached hydrogens (tertiary/aromatic N) is 4. The van der Waals surface area contributed by atoms with Crippen molar-refractivity contribution in [3.63, 3.8) is 0 Å². The Morgan fingerprint density at radius 3 is 1.87 bits per heavy atom. The van der Waals surface area contributed by atoms with E-state index in [9.17, 15) is 17.6 Å². The zero-order chi connectivity index (χ0) is 27.2. The molecule has 0 unspecified atom stereocenters. The number of benzene rings is 3. The highest BCUT2D eigenvalue weighted by Gasteiger charge is 2.30. The van der Waals surface area contributed by atoms with Gasteiger partial charge in [-0.2, -0.15) is 28.1 Å². The van der Waals surface area contributed by atoms with Gasteiger partial charge < -0.3 is 20.9 Å². The first kappa shape index (κ1) is 26.2. The van der Waals surface area contributed by atoms with E-state index in [4.69, 9.17) is 0 Å². The van der Waals surface area contributed by atoms with Crippen LogP contribution < -0.4 is 20.9 Å². The van der Waals surface area contributed by atoms with Gasteiger partial charge in [-0.25, -0.2) is 4.39 Å². The predicted molar refractivity (Wildman–Crippen MR) is 143 cm³/mol. The van der Waals surface area contributed by atoms with Crippen LogP contribution in [0.5, 0.6) is 0 Å². The number of rotatable bonds is 9. The number of alkyl halides is 3. The highest BCUT2D eigenvalue weighted by Crippen LogP contribution is 2.31. The maximum atomic E-state index is 13.2. The lowest BCUT2D eigenvalue weighted by Crippen LogP contribution is -2.17. The smallest absolute Gasteiger partial charge is 0.372 e. The van der Waals surface area contributed by atoms with Crippen LogP contribution in [0.1, 0.15) is 29.5 Å². The average Bonchev–Trinajstić information content (AvgIpc) is 3.47. The van der Waals surface area contributed by atoms with Crippen LogP contribution in [-0.4, -0.2) is 28.0 Å². The van der Waals surface area contributed by atoms with Gasteiger partial charge in [-0.3, -0.25) is 0 Å². The van der Waals surface area contributed by atoms with E-state index in [1.165, 1.54) is 42.8 Å². The fourth-order valence-electron chi connectivity index (χ4n) is 4.26. The van der Waals surface area contributed by atoms with Crippen molar-refractivity contribution in [3.05, 3.63) is 95.3 Å². The maximum absolute atomic E-state index is 13.2. The van der Waals surface area contributed by atoms with Crippen LogP contribution in [0.15, 0.2) is 72.8 Å². The van der Waals surface area contributed by atoms with E-state index in [1.54, 1.807) is 12.1 Å². The lowest BCUT2D eigenvalue weighted by Gasteiger charge is -2.17. The maximum Gasteiger partial charge on any atom is 0.416 e. The first-order valence-electron chi connectivity index (χ1n) is 12.6. The van der Waals surface area contributed by atoms with E-state index >= 15 is 0 Å². The van der Waals surface area contributed by atoms with Crippen molar-refractivity contribution >= 4 is 29.2 Å². The quantitative estimate of drug-likeness (QED) is 0.208. The summed E-state index contributed by atoms with van der Waals surface area (Å²) in [7, 11) is 0. The molecule has 1 fully saturated rings. The van der Waals surface area contributed by atoms with Crippen LogP contribution in [0.4, 0.5) is 46.8 Å². The molecule has 0 atom stereocenters. The number of hydrogen-bond donors (Lipinski definition) is 3. The molecule has 1 aliphatic rings. The molecule has 1 aliphatic heterocycles. The standard InChI is InChI=1S/C28H27F4N7/c29-22-10-6-19(7-11-22)17-33-25-36-26(34-18-20-8-12-24(13-9-20)39-14-1-2-15-39)38-27(37-25)35-23-5-3-4-21(16-23)28(30,31)32/h3-13,16H,1-2,14-15,17-18H2,(H3,33,34,35,36,37,38). The van der Waals surface area contributed by atoms with Gasteiger partial charge in [0.15, 0.2) is 0 Å². The molecule has 1 aromatic heterocycles. The molecule has 3 aromatic carbocycles. The number of nitrogens with one attached hydrogen (secondary N) is 3. The summed E-state index contributed by atoms with van der Waals surface area (Å²) < 4.78 is 52.8. The second-order valence-corrected chi connectivity index (χ2v) is 9.20. The molecule has 0 radical (unpaired) electrons. The second kappa shape index (κ2) is 11.5. The molecule has 5 rings (SSSR count).